The fourth-order valence-corrected chi connectivity index (χ4v) is 4.34. The molecule has 2 rings (SSSR count). The highest BCUT2D eigenvalue weighted by Gasteiger charge is 2.61. The van der Waals surface area contributed by atoms with E-state index in [4.69, 9.17) is 0 Å². The van der Waals surface area contributed by atoms with Crippen molar-refractivity contribution in [1.82, 2.24) is 0 Å². The SMILES string of the molecule is CCCSC1(C(=O)O)CC2(CCC2)C1. The quantitative estimate of drug-likeness (QED) is 0.782. The highest BCUT2D eigenvalue weighted by Crippen LogP contribution is 2.64. The molecular formula is C11H18O2S. The minimum Gasteiger partial charge on any atom is -0.480 e. The van der Waals surface area contributed by atoms with E-state index in [1.165, 1.54) is 19.3 Å². The first kappa shape index (κ1) is 10.3. The minimum atomic E-state index is -0.575. The van der Waals surface area contributed by atoms with Crippen molar-refractivity contribution >= 4 is 17.7 Å². The van der Waals surface area contributed by atoms with Gasteiger partial charge in [-0.25, -0.2) is 0 Å². The molecule has 0 bridgehead atoms. The highest BCUT2D eigenvalue weighted by molar-refractivity contribution is 8.01. The summed E-state index contributed by atoms with van der Waals surface area (Å²) in [6.45, 7) is 2.11. The van der Waals surface area contributed by atoms with E-state index in [1.807, 2.05) is 0 Å². The van der Waals surface area contributed by atoms with Gasteiger partial charge in [0.1, 0.15) is 4.75 Å². The predicted octanol–water partition coefficient (Wildman–Crippen LogP) is 2.92. The van der Waals surface area contributed by atoms with Crippen LogP contribution in [0.4, 0.5) is 0 Å². The number of carbonyl (C=O) groups is 1. The van der Waals surface area contributed by atoms with Crippen molar-refractivity contribution in [3.63, 3.8) is 0 Å². The molecule has 2 aliphatic rings. The first-order valence-electron chi connectivity index (χ1n) is 5.50. The molecule has 0 saturated heterocycles. The van der Waals surface area contributed by atoms with Crippen LogP contribution in [-0.2, 0) is 4.79 Å². The molecule has 0 unspecified atom stereocenters. The Morgan fingerprint density at radius 2 is 2.07 bits per heavy atom. The Balaban J connectivity index is 1.94. The molecule has 0 aromatic heterocycles. The first-order chi connectivity index (χ1) is 6.63. The lowest BCUT2D eigenvalue weighted by molar-refractivity contribution is -0.149. The number of thioether (sulfide) groups is 1. The fourth-order valence-electron chi connectivity index (χ4n) is 2.80. The summed E-state index contributed by atoms with van der Waals surface area (Å²) in [5, 5.41) is 9.24. The minimum absolute atomic E-state index is 0.406. The maximum Gasteiger partial charge on any atom is 0.319 e. The van der Waals surface area contributed by atoms with Crippen molar-refractivity contribution in [3.05, 3.63) is 0 Å². The van der Waals surface area contributed by atoms with E-state index in [9.17, 15) is 9.90 Å². The Bertz CT molecular complexity index is 238. The fraction of sp³-hybridized carbons (Fsp3) is 0.909. The van der Waals surface area contributed by atoms with Gasteiger partial charge in [0.05, 0.1) is 0 Å². The van der Waals surface area contributed by atoms with Gasteiger partial charge in [-0.05, 0) is 43.3 Å². The van der Waals surface area contributed by atoms with Gasteiger partial charge in [-0.3, -0.25) is 4.79 Å². The molecule has 80 valence electrons. The van der Waals surface area contributed by atoms with Gasteiger partial charge in [-0.2, -0.15) is 0 Å². The van der Waals surface area contributed by atoms with E-state index in [0.29, 0.717) is 5.41 Å². The summed E-state index contributed by atoms with van der Waals surface area (Å²) in [7, 11) is 0. The Hall–Kier alpha value is -0.180. The van der Waals surface area contributed by atoms with Crippen LogP contribution in [-0.4, -0.2) is 21.6 Å². The number of carboxylic acid groups (broad SMARTS) is 1. The molecule has 0 aromatic rings. The molecule has 0 amide bonds. The second-order valence-electron chi connectivity index (χ2n) is 4.86. The van der Waals surface area contributed by atoms with Crippen LogP contribution in [0.5, 0.6) is 0 Å². The molecule has 0 atom stereocenters. The summed E-state index contributed by atoms with van der Waals surface area (Å²) < 4.78 is -0.406. The topological polar surface area (TPSA) is 37.3 Å². The monoisotopic (exact) mass is 214 g/mol. The molecule has 0 aromatic carbocycles. The normalized spacial score (nSPS) is 26.6. The Labute approximate surface area is 89.5 Å². The van der Waals surface area contributed by atoms with Gasteiger partial charge in [0.2, 0.25) is 0 Å². The zero-order chi connectivity index (χ0) is 10.2. The van der Waals surface area contributed by atoms with Crippen LogP contribution in [0.3, 0.4) is 0 Å². The van der Waals surface area contributed by atoms with Crippen molar-refractivity contribution in [3.8, 4) is 0 Å². The molecule has 0 heterocycles. The van der Waals surface area contributed by atoms with Crippen molar-refractivity contribution in [2.75, 3.05) is 5.75 Å². The van der Waals surface area contributed by atoms with E-state index in [1.54, 1.807) is 11.8 Å². The van der Waals surface area contributed by atoms with E-state index >= 15 is 0 Å². The number of rotatable bonds is 4. The standard InChI is InChI=1S/C11H18O2S/c1-2-6-14-11(9(12)13)7-10(8-11)4-3-5-10/h2-8H2,1H3,(H,12,13). The maximum absolute atomic E-state index is 11.2. The highest BCUT2D eigenvalue weighted by atomic mass is 32.2. The Morgan fingerprint density at radius 3 is 2.43 bits per heavy atom. The zero-order valence-electron chi connectivity index (χ0n) is 8.71. The molecule has 1 spiro atoms. The summed E-state index contributed by atoms with van der Waals surface area (Å²) in [6.07, 6.45) is 6.80. The summed E-state index contributed by atoms with van der Waals surface area (Å²) in [6, 6.07) is 0. The summed E-state index contributed by atoms with van der Waals surface area (Å²) in [4.78, 5) is 11.2. The van der Waals surface area contributed by atoms with Crippen LogP contribution >= 0.6 is 11.8 Å². The van der Waals surface area contributed by atoms with Crippen LogP contribution in [0.15, 0.2) is 0 Å². The van der Waals surface area contributed by atoms with Crippen LogP contribution in [0.25, 0.3) is 0 Å². The molecule has 14 heavy (non-hydrogen) atoms. The lowest BCUT2D eigenvalue weighted by atomic mass is 9.51. The van der Waals surface area contributed by atoms with Gasteiger partial charge in [0, 0.05) is 0 Å². The van der Waals surface area contributed by atoms with Crippen LogP contribution < -0.4 is 0 Å². The van der Waals surface area contributed by atoms with Gasteiger partial charge in [-0.15, -0.1) is 11.8 Å². The van der Waals surface area contributed by atoms with E-state index in [0.717, 1.165) is 25.0 Å². The smallest absolute Gasteiger partial charge is 0.319 e. The van der Waals surface area contributed by atoms with Gasteiger partial charge in [0.25, 0.3) is 0 Å². The number of hydrogen-bond acceptors (Lipinski definition) is 2. The van der Waals surface area contributed by atoms with Gasteiger partial charge >= 0.3 is 5.97 Å². The summed E-state index contributed by atoms with van der Waals surface area (Å²) >= 11 is 1.67. The van der Waals surface area contributed by atoms with E-state index in [-0.39, 0.29) is 0 Å². The third-order valence-corrected chi connectivity index (χ3v) is 5.34. The number of aliphatic carboxylic acids is 1. The number of carboxylic acids is 1. The molecular weight excluding hydrogens is 196 g/mol. The van der Waals surface area contributed by atoms with Crippen molar-refractivity contribution in [2.45, 2.75) is 50.2 Å². The van der Waals surface area contributed by atoms with Gasteiger partial charge in [-0.1, -0.05) is 13.3 Å². The lowest BCUT2D eigenvalue weighted by Gasteiger charge is -2.58. The molecule has 2 aliphatic carbocycles. The largest absolute Gasteiger partial charge is 0.480 e. The molecule has 2 saturated carbocycles. The predicted molar refractivity (Wildman–Crippen MR) is 58.6 cm³/mol. The van der Waals surface area contributed by atoms with Crippen LogP contribution in [0.2, 0.25) is 0 Å². The van der Waals surface area contributed by atoms with Crippen molar-refractivity contribution in [1.29, 1.82) is 0 Å². The zero-order valence-corrected chi connectivity index (χ0v) is 9.53. The van der Waals surface area contributed by atoms with Gasteiger partial charge in [0.15, 0.2) is 0 Å². The third kappa shape index (κ3) is 1.46. The van der Waals surface area contributed by atoms with E-state index < -0.39 is 10.7 Å². The van der Waals surface area contributed by atoms with Crippen molar-refractivity contribution < 1.29 is 9.90 Å². The van der Waals surface area contributed by atoms with E-state index in [2.05, 4.69) is 6.92 Å². The van der Waals surface area contributed by atoms with Gasteiger partial charge < -0.3 is 5.11 Å². The Morgan fingerprint density at radius 1 is 1.43 bits per heavy atom. The average molecular weight is 214 g/mol. The average Bonchev–Trinajstić information content (AvgIpc) is 1.99. The molecule has 1 N–H and O–H groups in total. The molecule has 3 heteroatoms. The molecule has 0 radical (unpaired) electrons. The summed E-state index contributed by atoms with van der Waals surface area (Å²) in [5.74, 6) is 0.413. The third-order valence-electron chi connectivity index (χ3n) is 3.71. The summed E-state index contributed by atoms with van der Waals surface area (Å²) in [5.41, 5.74) is 0.457. The molecule has 2 fully saturated rings. The van der Waals surface area contributed by atoms with Crippen molar-refractivity contribution in [2.24, 2.45) is 5.41 Å². The second-order valence-corrected chi connectivity index (χ2v) is 6.33. The molecule has 0 aliphatic heterocycles. The van der Waals surface area contributed by atoms with Crippen LogP contribution in [0.1, 0.15) is 45.4 Å². The first-order valence-corrected chi connectivity index (χ1v) is 6.48. The van der Waals surface area contributed by atoms with Crippen LogP contribution in [0, 0.1) is 5.41 Å². The second kappa shape index (κ2) is 3.44. The molecule has 2 nitrogen and oxygen atoms in total. The maximum atomic E-state index is 11.2. The number of hydrogen-bond donors (Lipinski definition) is 1. The lowest BCUT2D eigenvalue weighted by Crippen LogP contribution is -2.57. The Kier molecular flexibility index (Phi) is 2.54.